The maximum atomic E-state index is 12.5. The zero-order chi connectivity index (χ0) is 23.0. The number of rotatable bonds is 10. The van der Waals surface area contributed by atoms with Crippen LogP contribution in [0.3, 0.4) is 0 Å². The molecule has 7 nitrogen and oxygen atoms in total. The number of hydrogen-bond donors (Lipinski definition) is 1. The lowest BCUT2D eigenvalue weighted by atomic mass is 10.2. The maximum absolute atomic E-state index is 12.5. The second-order valence-electron chi connectivity index (χ2n) is 7.92. The maximum Gasteiger partial charge on any atom is 0.234 e. The Bertz CT molecular complexity index is 1160. The summed E-state index contributed by atoms with van der Waals surface area (Å²) in [5.74, 6) is 2.58. The van der Waals surface area contributed by atoms with E-state index in [1.807, 2.05) is 71.3 Å². The number of aromatic nitrogens is 3. The number of furan rings is 1. The van der Waals surface area contributed by atoms with Crippen molar-refractivity contribution >= 4 is 23.4 Å². The molecule has 0 aliphatic carbocycles. The van der Waals surface area contributed by atoms with E-state index in [0.29, 0.717) is 35.0 Å². The summed E-state index contributed by atoms with van der Waals surface area (Å²) >= 11 is 1.35. The summed E-state index contributed by atoms with van der Waals surface area (Å²) in [5.41, 5.74) is 1.82. The molecule has 2 aromatic carbocycles. The van der Waals surface area contributed by atoms with Gasteiger partial charge in [-0.1, -0.05) is 55.9 Å². The molecule has 0 saturated heterocycles. The third kappa shape index (κ3) is 6.26. The predicted octanol–water partition coefficient (Wildman–Crippen LogP) is 5.50. The van der Waals surface area contributed by atoms with Crippen LogP contribution in [0.25, 0.3) is 11.6 Å². The highest BCUT2D eigenvalue weighted by molar-refractivity contribution is 7.99. The van der Waals surface area contributed by atoms with Crippen molar-refractivity contribution in [1.82, 2.24) is 14.8 Å². The summed E-state index contributed by atoms with van der Waals surface area (Å²) < 4.78 is 13.3. The lowest BCUT2D eigenvalue weighted by Gasteiger charge is -2.11. The topological polar surface area (TPSA) is 82.2 Å². The average molecular weight is 463 g/mol. The van der Waals surface area contributed by atoms with Gasteiger partial charge in [0, 0.05) is 12.2 Å². The molecular formula is C25H26N4O3S. The number of carbonyl (C=O) groups is 1. The Hall–Kier alpha value is -3.52. The third-order valence-electron chi connectivity index (χ3n) is 4.72. The fourth-order valence-corrected chi connectivity index (χ4v) is 3.96. The van der Waals surface area contributed by atoms with Gasteiger partial charge in [-0.3, -0.25) is 9.36 Å². The van der Waals surface area contributed by atoms with Gasteiger partial charge in [0.2, 0.25) is 5.91 Å². The van der Waals surface area contributed by atoms with Gasteiger partial charge >= 0.3 is 0 Å². The minimum Gasteiger partial charge on any atom is -0.489 e. The van der Waals surface area contributed by atoms with Crippen LogP contribution in [0, 0.1) is 5.92 Å². The fourth-order valence-electron chi connectivity index (χ4n) is 3.22. The molecule has 0 saturated carbocycles. The van der Waals surface area contributed by atoms with E-state index in [0.717, 1.165) is 17.9 Å². The van der Waals surface area contributed by atoms with Crippen molar-refractivity contribution in [2.24, 2.45) is 5.92 Å². The van der Waals surface area contributed by atoms with Crippen LogP contribution in [0.4, 0.5) is 5.69 Å². The average Bonchev–Trinajstić information content (AvgIpc) is 3.48. The Morgan fingerprint density at radius 1 is 1.06 bits per heavy atom. The Labute approximate surface area is 197 Å². The van der Waals surface area contributed by atoms with Crippen molar-refractivity contribution in [1.29, 1.82) is 0 Å². The van der Waals surface area contributed by atoms with Crippen molar-refractivity contribution in [3.8, 4) is 17.3 Å². The van der Waals surface area contributed by atoms with Gasteiger partial charge in [-0.25, -0.2) is 0 Å². The van der Waals surface area contributed by atoms with Crippen LogP contribution in [-0.4, -0.2) is 26.4 Å². The van der Waals surface area contributed by atoms with E-state index in [4.69, 9.17) is 9.15 Å². The summed E-state index contributed by atoms with van der Waals surface area (Å²) in [4.78, 5) is 12.5. The van der Waals surface area contributed by atoms with Crippen LogP contribution in [0.1, 0.15) is 19.4 Å². The van der Waals surface area contributed by atoms with Crippen molar-refractivity contribution < 1.29 is 13.9 Å². The number of carbonyl (C=O) groups excluding carboxylic acids is 1. The van der Waals surface area contributed by atoms with Crippen LogP contribution in [0.15, 0.2) is 82.6 Å². The van der Waals surface area contributed by atoms with E-state index in [2.05, 4.69) is 29.4 Å². The molecule has 0 unspecified atom stereocenters. The van der Waals surface area contributed by atoms with Gasteiger partial charge in [0.05, 0.1) is 12.0 Å². The first kappa shape index (κ1) is 22.7. The zero-order valence-corrected chi connectivity index (χ0v) is 19.4. The summed E-state index contributed by atoms with van der Waals surface area (Å²) in [7, 11) is 0. The summed E-state index contributed by atoms with van der Waals surface area (Å²) in [5, 5.41) is 12.2. The summed E-state index contributed by atoms with van der Waals surface area (Å²) in [6, 6.07) is 21.0. The lowest BCUT2D eigenvalue weighted by molar-refractivity contribution is -0.113. The molecule has 0 bridgehead atoms. The first-order valence-corrected chi connectivity index (χ1v) is 11.7. The lowest BCUT2D eigenvalue weighted by Crippen LogP contribution is -2.15. The number of ether oxygens (including phenoxy) is 1. The predicted molar refractivity (Wildman–Crippen MR) is 129 cm³/mol. The first-order valence-electron chi connectivity index (χ1n) is 10.7. The number of hydrogen-bond acceptors (Lipinski definition) is 6. The Balaban J connectivity index is 1.32. The molecule has 0 atom stereocenters. The molecule has 4 aromatic rings. The number of anilines is 1. The van der Waals surface area contributed by atoms with Gasteiger partial charge in [-0.15, -0.1) is 10.2 Å². The van der Waals surface area contributed by atoms with Crippen molar-refractivity contribution in [3.63, 3.8) is 0 Å². The number of thioether (sulfide) groups is 1. The van der Waals surface area contributed by atoms with Crippen molar-refractivity contribution in [2.45, 2.75) is 32.2 Å². The van der Waals surface area contributed by atoms with Crippen molar-refractivity contribution in [2.75, 3.05) is 11.1 Å². The molecule has 4 rings (SSSR count). The molecule has 33 heavy (non-hydrogen) atoms. The molecule has 0 spiro atoms. The molecule has 0 aliphatic rings. The zero-order valence-electron chi connectivity index (χ0n) is 18.6. The minimum absolute atomic E-state index is 0.114. The summed E-state index contributed by atoms with van der Waals surface area (Å²) in [6.07, 6.45) is 1.61. The van der Waals surface area contributed by atoms with Gasteiger partial charge in [0.25, 0.3) is 0 Å². The van der Waals surface area contributed by atoms with E-state index in [-0.39, 0.29) is 11.7 Å². The Morgan fingerprint density at radius 3 is 2.55 bits per heavy atom. The van der Waals surface area contributed by atoms with Gasteiger partial charge in [-0.2, -0.15) is 0 Å². The van der Waals surface area contributed by atoms with Gasteiger partial charge in [0.1, 0.15) is 12.4 Å². The Morgan fingerprint density at radius 2 is 1.85 bits per heavy atom. The van der Waals surface area contributed by atoms with Crippen LogP contribution < -0.4 is 10.1 Å². The van der Waals surface area contributed by atoms with Gasteiger partial charge < -0.3 is 14.5 Å². The molecule has 0 fully saturated rings. The molecule has 170 valence electrons. The second kappa shape index (κ2) is 10.9. The Kier molecular flexibility index (Phi) is 7.47. The standard InChI is InChI=1S/C25H26N4O3S/c1-18(2)15-29-24(22-9-6-14-31-22)27-28-25(29)33-17-23(30)26-20-10-12-21(13-11-20)32-16-19-7-4-3-5-8-19/h3-14,18H,15-17H2,1-2H3,(H,26,30). The fraction of sp³-hybridized carbons (Fsp3) is 0.240. The molecule has 8 heteroatoms. The van der Waals surface area contributed by atoms with Crippen LogP contribution in [-0.2, 0) is 17.9 Å². The van der Waals surface area contributed by atoms with Crippen LogP contribution >= 0.6 is 11.8 Å². The number of nitrogens with zero attached hydrogens (tertiary/aromatic N) is 3. The number of benzene rings is 2. The normalized spacial score (nSPS) is 11.0. The highest BCUT2D eigenvalue weighted by Crippen LogP contribution is 2.26. The SMILES string of the molecule is CC(C)Cn1c(SCC(=O)Nc2ccc(OCc3ccccc3)cc2)nnc1-c1ccco1. The molecule has 0 radical (unpaired) electrons. The molecule has 1 amide bonds. The van der Waals surface area contributed by atoms with Gasteiger partial charge in [-0.05, 0) is 47.9 Å². The van der Waals surface area contributed by atoms with Crippen LogP contribution in [0.2, 0.25) is 0 Å². The first-order chi connectivity index (χ1) is 16.1. The van der Waals surface area contributed by atoms with E-state index in [1.165, 1.54) is 11.8 Å². The van der Waals surface area contributed by atoms with Gasteiger partial charge in [0.15, 0.2) is 16.7 Å². The van der Waals surface area contributed by atoms with E-state index in [1.54, 1.807) is 6.26 Å². The second-order valence-corrected chi connectivity index (χ2v) is 8.87. The number of nitrogens with one attached hydrogen (secondary N) is 1. The minimum atomic E-state index is -0.114. The smallest absolute Gasteiger partial charge is 0.234 e. The monoisotopic (exact) mass is 462 g/mol. The third-order valence-corrected chi connectivity index (χ3v) is 5.69. The van der Waals surface area contributed by atoms with Crippen LogP contribution in [0.5, 0.6) is 5.75 Å². The van der Waals surface area contributed by atoms with E-state index >= 15 is 0 Å². The highest BCUT2D eigenvalue weighted by atomic mass is 32.2. The summed E-state index contributed by atoms with van der Waals surface area (Å²) in [6.45, 7) is 5.48. The molecule has 0 aliphatic heterocycles. The van der Waals surface area contributed by atoms with E-state index in [9.17, 15) is 4.79 Å². The largest absolute Gasteiger partial charge is 0.489 e. The number of amides is 1. The molecule has 2 aromatic heterocycles. The highest BCUT2D eigenvalue weighted by Gasteiger charge is 2.18. The molecular weight excluding hydrogens is 436 g/mol. The molecule has 2 heterocycles. The van der Waals surface area contributed by atoms with E-state index < -0.39 is 0 Å². The van der Waals surface area contributed by atoms with Crippen molar-refractivity contribution in [3.05, 3.63) is 78.6 Å². The quantitative estimate of drug-likeness (QED) is 0.313. The molecule has 1 N–H and O–H groups in total.